The van der Waals surface area contributed by atoms with Crippen molar-refractivity contribution < 1.29 is 28.9 Å². The van der Waals surface area contributed by atoms with E-state index in [-0.39, 0.29) is 18.3 Å². The molecule has 210 valence electrons. The van der Waals surface area contributed by atoms with E-state index < -0.39 is 5.97 Å². The summed E-state index contributed by atoms with van der Waals surface area (Å²) in [5.74, 6) is 1.69. The number of carbonyl (C=O) groups excluding carboxylic acids is 2. The number of aryl methyl sites for hydroxylation is 1. The summed E-state index contributed by atoms with van der Waals surface area (Å²) in [6, 6.07) is 15.0. The lowest BCUT2D eigenvalue weighted by Gasteiger charge is -2.32. The predicted molar refractivity (Wildman–Crippen MR) is 154 cm³/mol. The van der Waals surface area contributed by atoms with Gasteiger partial charge in [0, 0.05) is 47.7 Å². The Hall–Kier alpha value is -4.26. The van der Waals surface area contributed by atoms with E-state index in [0.29, 0.717) is 36.2 Å². The molecule has 0 saturated heterocycles. The van der Waals surface area contributed by atoms with Crippen molar-refractivity contribution >= 4 is 11.8 Å². The van der Waals surface area contributed by atoms with Crippen molar-refractivity contribution in [2.45, 2.75) is 51.9 Å². The first kappa shape index (κ1) is 28.7. The molecule has 0 bridgehead atoms. The minimum absolute atomic E-state index is 0.0451. The summed E-state index contributed by atoms with van der Waals surface area (Å²) in [5.41, 5.74) is 5.82. The Balaban J connectivity index is 0.000000398. The number of benzene rings is 2. The first-order valence-corrected chi connectivity index (χ1v) is 13.5. The fourth-order valence-electron chi connectivity index (χ4n) is 5.26. The molecular weight excluding hydrogens is 506 g/mol. The topological polar surface area (TPSA) is 94.1 Å². The number of methoxy groups -OCH3 is 2. The fraction of sp³-hybridized carbons (Fsp3) is 0.333. The van der Waals surface area contributed by atoms with E-state index in [0.717, 1.165) is 52.4 Å². The van der Waals surface area contributed by atoms with Gasteiger partial charge in [-0.3, -0.25) is 4.79 Å². The van der Waals surface area contributed by atoms with E-state index >= 15 is 0 Å². The van der Waals surface area contributed by atoms with Crippen molar-refractivity contribution in [1.29, 1.82) is 0 Å². The Morgan fingerprint density at radius 1 is 1.05 bits per heavy atom. The van der Waals surface area contributed by atoms with Gasteiger partial charge >= 0.3 is 5.97 Å². The van der Waals surface area contributed by atoms with Gasteiger partial charge in [0.05, 0.1) is 19.8 Å². The van der Waals surface area contributed by atoms with Crippen molar-refractivity contribution in [3.8, 4) is 11.5 Å². The van der Waals surface area contributed by atoms with Gasteiger partial charge in [-0.1, -0.05) is 42.5 Å². The summed E-state index contributed by atoms with van der Waals surface area (Å²) in [5, 5.41) is 12.1. The fourth-order valence-corrected chi connectivity index (χ4v) is 5.26. The summed E-state index contributed by atoms with van der Waals surface area (Å²) in [6.07, 6.45) is 7.13. The minimum atomic E-state index is -0.400. The molecule has 5 rings (SSSR count). The highest BCUT2D eigenvalue weighted by Crippen LogP contribution is 2.41. The molecule has 0 saturated carbocycles. The molecule has 2 aromatic rings. The SMILES string of the molecule is COC1=C(COC(=O)C2=C(C)NC3=C(C2)C(=O)C[C@H](c2ccccc2OC)C3)C=CCC1.Cc1cccc(O)c1. The third-order valence-electron chi connectivity index (χ3n) is 7.38. The molecule has 2 aliphatic carbocycles. The van der Waals surface area contributed by atoms with Crippen LogP contribution in [0.15, 0.2) is 94.6 Å². The number of phenols is 1. The van der Waals surface area contributed by atoms with E-state index in [1.807, 2.05) is 62.4 Å². The van der Waals surface area contributed by atoms with Crippen molar-refractivity contribution in [2.75, 3.05) is 20.8 Å². The van der Waals surface area contributed by atoms with Crippen LogP contribution in [0.1, 0.15) is 56.1 Å². The molecule has 2 N–H and O–H groups in total. The van der Waals surface area contributed by atoms with Crippen molar-refractivity contribution in [3.05, 3.63) is 106 Å². The Labute approximate surface area is 235 Å². The second-order valence-electron chi connectivity index (χ2n) is 10.1. The molecule has 7 nitrogen and oxygen atoms in total. The van der Waals surface area contributed by atoms with Gasteiger partial charge in [-0.25, -0.2) is 4.79 Å². The van der Waals surface area contributed by atoms with E-state index in [1.54, 1.807) is 26.4 Å². The van der Waals surface area contributed by atoms with Gasteiger partial charge in [0.25, 0.3) is 0 Å². The summed E-state index contributed by atoms with van der Waals surface area (Å²) >= 11 is 0. The monoisotopic (exact) mass is 543 g/mol. The molecule has 3 aliphatic rings. The molecule has 2 aromatic carbocycles. The van der Waals surface area contributed by atoms with Gasteiger partial charge in [-0.05, 0) is 56.0 Å². The second kappa shape index (κ2) is 13.2. The number of carbonyl (C=O) groups is 2. The predicted octanol–water partition coefficient (Wildman–Crippen LogP) is 6.16. The van der Waals surface area contributed by atoms with Gasteiger partial charge in [0.2, 0.25) is 0 Å². The van der Waals surface area contributed by atoms with Crippen LogP contribution in [0.5, 0.6) is 11.5 Å². The molecule has 0 fully saturated rings. The number of nitrogens with one attached hydrogen (secondary N) is 1. The molecule has 0 spiro atoms. The average Bonchev–Trinajstić information content (AvgIpc) is 2.95. The molecule has 40 heavy (non-hydrogen) atoms. The zero-order chi connectivity index (χ0) is 28.6. The third-order valence-corrected chi connectivity index (χ3v) is 7.38. The zero-order valence-electron chi connectivity index (χ0n) is 23.6. The maximum Gasteiger partial charge on any atom is 0.336 e. The molecule has 1 aliphatic heterocycles. The first-order valence-electron chi connectivity index (χ1n) is 13.5. The molecule has 0 unspecified atom stereocenters. The molecule has 1 atom stereocenters. The molecule has 7 heteroatoms. The standard InChI is InChI=1S/C26H29NO5.C7H8O/c1-16-20(26(29)32-15-17-8-4-6-10-24(17)30-2)14-21-22(27-16)12-18(13-23(21)28)19-9-5-7-11-25(19)31-3;1-6-3-2-4-7(8)5-6/h4-5,7-9,11,18,27H,6,10,12-15H2,1-3H3;2-5,8H,1H3/t18-;/m1./s1. The van der Waals surface area contributed by atoms with E-state index in [2.05, 4.69) is 5.32 Å². The van der Waals surface area contributed by atoms with Crippen molar-refractivity contribution in [3.63, 3.8) is 0 Å². The summed E-state index contributed by atoms with van der Waals surface area (Å²) in [4.78, 5) is 25.9. The van der Waals surface area contributed by atoms with Crippen LogP contribution < -0.4 is 10.1 Å². The zero-order valence-corrected chi connectivity index (χ0v) is 23.6. The number of Topliss-reactive ketones (excluding diaryl/α,β-unsaturated/α-hetero) is 1. The van der Waals surface area contributed by atoms with Crippen LogP contribution in [-0.2, 0) is 19.1 Å². The Kier molecular flexibility index (Phi) is 9.48. The van der Waals surface area contributed by atoms with Crippen LogP contribution in [0.25, 0.3) is 0 Å². The maximum atomic E-state index is 13.0. The lowest BCUT2D eigenvalue weighted by atomic mass is 9.78. The van der Waals surface area contributed by atoms with Gasteiger partial charge in [0.15, 0.2) is 5.78 Å². The minimum Gasteiger partial charge on any atom is -0.508 e. The average molecular weight is 544 g/mol. The highest BCUT2D eigenvalue weighted by Gasteiger charge is 2.34. The maximum absolute atomic E-state index is 13.0. The number of ketones is 1. The second-order valence-corrected chi connectivity index (χ2v) is 10.1. The number of allylic oxidation sites excluding steroid dienone is 5. The number of para-hydroxylation sites is 1. The number of esters is 1. The molecule has 1 heterocycles. The van der Waals surface area contributed by atoms with Gasteiger partial charge in [-0.2, -0.15) is 0 Å². The van der Waals surface area contributed by atoms with Crippen LogP contribution >= 0.6 is 0 Å². The van der Waals surface area contributed by atoms with E-state index in [4.69, 9.17) is 19.3 Å². The van der Waals surface area contributed by atoms with Crippen LogP contribution in [0.3, 0.4) is 0 Å². The molecule has 0 aromatic heterocycles. The van der Waals surface area contributed by atoms with Crippen LogP contribution in [0.4, 0.5) is 0 Å². The van der Waals surface area contributed by atoms with Gasteiger partial charge in [-0.15, -0.1) is 0 Å². The number of rotatable bonds is 6. The number of dihydropyridines is 1. The largest absolute Gasteiger partial charge is 0.508 e. The first-order chi connectivity index (χ1) is 19.3. The number of ether oxygens (including phenoxy) is 3. The van der Waals surface area contributed by atoms with Crippen LogP contribution in [0.2, 0.25) is 0 Å². The smallest absolute Gasteiger partial charge is 0.336 e. The van der Waals surface area contributed by atoms with E-state index in [1.165, 1.54) is 0 Å². The number of hydrogen-bond acceptors (Lipinski definition) is 7. The molecule has 0 radical (unpaired) electrons. The molecular formula is C33H37NO6. The Morgan fingerprint density at radius 2 is 1.85 bits per heavy atom. The lowest BCUT2D eigenvalue weighted by Crippen LogP contribution is -2.31. The van der Waals surface area contributed by atoms with Crippen LogP contribution in [-0.4, -0.2) is 37.7 Å². The summed E-state index contributed by atoms with van der Waals surface area (Å²) < 4.78 is 16.5. The highest BCUT2D eigenvalue weighted by molar-refractivity contribution is 6.01. The summed E-state index contributed by atoms with van der Waals surface area (Å²) in [6.45, 7) is 3.96. The number of phenolic OH excluding ortho intramolecular Hbond substituents is 1. The van der Waals surface area contributed by atoms with Crippen LogP contribution in [0, 0.1) is 6.92 Å². The molecule has 0 amide bonds. The number of aromatic hydroxyl groups is 1. The van der Waals surface area contributed by atoms with Gasteiger partial charge < -0.3 is 24.6 Å². The summed E-state index contributed by atoms with van der Waals surface area (Å²) in [7, 11) is 3.28. The van der Waals surface area contributed by atoms with Gasteiger partial charge in [0.1, 0.15) is 23.9 Å². The van der Waals surface area contributed by atoms with Crippen molar-refractivity contribution in [2.24, 2.45) is 0 Å². The Bertz CT molecular complexity index is 1380. The quantitative estimate of drug-likeness (QED) is 0.422. The van der Waals surface area contributed by atoms with E-state index in [9.17, 15) is 9.59 Å². The third kappa shape index (κ3) is 6.84. The lowest BCUT2D eigenvalue weighted by molar-refractivity contribution is -0.138. The highest BCUT2D eigenvalue weighted by atomic mass is 16.5. The normalized spacial score (nSPS) is 18.4. The van der Waals surface area contributed by atoms with Crippen molar-refractivity contribution in [1.82, 2.24) is 5.32 Å². The Morgan fingerprint density at radius 3 is 2.55 bits per heavy atom. The number of hydrogen-bond donors (Lipinski definition) is 2.